The summed E-state index contributed by atoms with van der Waals surface area (Å²) < 4.78 is 14.2. The van der Waals surface area contributed by atoms with Crippen LogP contribution < -0.4 is 11.1 Å². The molecule has 3 N–H and O–H groups in total. The minimum Gasteiger partial charge on any atom is -0.368 e. The van der Waals surface area contributed by atoms with Crippen molar-refractivity contribution < 1.29 is 4.39 Å². The molecular formula is C10H7BrClFN4. The maximum atomic E-state index is 13.5. The molecule has 0 aliphatic rings. The number of hydrogen-bond acceptors (Lipinski definition) is 4. The maximum Gasteiger partial charge on any atom is 0.223 e. The average Bonchev–Trinajstić information content (AvgIpc) is 2.21. The quantitative estimate of drug-likeness (QED) is 0.834. The van der Waals surface area contributed by atoms with Gasteiger partial charge in [-0.15, -0.1) is 0 Å². The van der Waals surface area contributed by atoms with Gasteiger partial charge in [0.15, 0.2) is 0 Å². The van der Waals surface area contributed by atoms with Crippen LogP contribution in [0, 0.1) is 5.82 Å². The Morgan fingerprint density at radius 2 is 2.06 bits per heavy atom. The van der Waals surface area contributed by atoms with Crippen LogP contribution in [0.25, 0.3) is 0 Å². The van der Waals surface area contributed by atoms with Gasteiger partial charge in [-0.2, -0.15) is 4.98 Å². The van der Waals surface area contributed by atoms with Crippen molar-refractivity contribution in [2.45, 2.75) is 0 Å². The number of hydrogen-bond donors (Lipinski definition) is 2. The molecule has 1 heterocycles. The third-order valence-corrected chi connectivity index (χ3v) is 2.59. The molecule has 1 aromatic carbocycles. The van der Waals surface area contributed by atoms with Gasteiger partial charge in [0, 0.05) is 10.5 Å². The van der Waals surface area contributed by atoms with Crippen LogP contribution in [0.3, 0.4) is 0 Å². The van der Waals surface area contributed by atoms with Gasteiger partial charge < -0.3 is 11.1 Å². The maximum absolute atomic E-state index is 13.5. The first-order chi connectivity index (χ1) is 8.04. The van der Waals surface area contributed by atoms with E-state index in [1.165, 1.54) is 12.1 Å². The van der Waals surface area contributed by atoms with Crippen molar-refractivity contribution in [3.8, 4) is 0 Å². The summed E-state index contributed by atoms with van der Waals surface area (Å²) in [6.45, 7) is 0. The van der Waals surface area contributed by atoms with Crippen molar-refractivity contribution in [1.82, 2.24) is 9.97 Å². The summed E-state index contributed by atoms with van der Waals surface area (Å²) in [5.74, 6) is -0.0473. The van der Waals surface area contributed by atoms with E-state index in [1.807, 2.05) is 0 Å². The molecule has 0 aliphatic carbocycles. The van der Waals surface area contributed by atoms with Gasteiger partial charge in [-0.25, -0.2) is 9.37 Å². The third-order valence-electron chi connectivity index (χ3n) is 1.91. The van der Waals surface area contributed by atoms with Crippen LogP contribution in [-0.2, 0) is 0 Å². The first kappa shape index (κ1) is 12.1. The summed E-state index contributed by atoms with van der Waals surface area (Å²) in [5.41, 5.74) is 5.71. The van der Waals surface area contributed by atoms with Crippen molar-refractivity contribution in [3.63, 3.8) is 0 Å². The van der Waals surface area contributed by atoms with Crippen molar-refractivity contribution in [2.24, 2.45) is 0 Å². The van der Waals surface area contributed by atoms with E-state index in [0.717, 1.165) is 0 Å². The van der Waals surface area contributed by atoms with Crippen LogP contribution in [0.5, 0.6) is 0 Å². The van der Waals surface area contributed by atoms with Crippen molar-refractivity contribution in [2.75, 3.05) is 11.1 Å². The van der Waals surface area contributed by atoms with Gasteiger partial charge in [0.1, 0.15) is 16.8 Å². The van der Waals surface area contributed by atoms with Crippen LogP contribution in [0.15, 0.2) is 28.7 Å². The molecule has 2 rings (SSSR count). The van der Waals surface area contributed by atoms with E-state index in [2.05, 4.69) is 31.2 Å². The average molecular weight is 318 g/mol. The minimum absolute atomic E-state index is 0.0255. The van der Waals surface area contributed by atoms with Crippen molar-refractivity contribution in [1.29, 1.82) is 0 Å². The Morgan fingerprint density at radius 1 is 1.29 bits per heavy atom. The lowest BCUT2D eigenvalue weighted by Crippen LogP contribution is -2.01. The number of halogens is 3. The fourth-order valence-electron chi connectivity index (χ4n) is 1.23. The monoisotopic (exact) mass is 316 g/mol. The molecule has 17 heavy (non-hydrogen) atoms. The first-order valence-electron chi connectivity index (χ1n) is 4.57. The van der Waals surface area contributed by atoms with E-state index < -0.39 is 5.82 Å². The topological polar surface area (TPSA) is 63.8 Å². The zero-order valence-corrected chi connectivity index (χ0v) is 10.8. The van der Waals surface area contributed by atoms with E-state index in [1.54, 1.807) is 12.1 Å². The van der Waals surface area contributed by atoms with Crippen LogP contribution in [-0.4, -0.2) is 9.97 Å². The number of nitrogens with one attached hydrogen (secondary N) is 1. The number of nitrogen functional groups attached to an aromatic ring is 1. The van der Waals surface area contributed by atoms with Crippen LogP contribution in [0.2, 0.25) is 5.15 Å². The lowest BCUT2D eigenvalue weighted by atomic mass is 10.3. The lowest BCUT2D eigenvalue weighted by molar-refractivity contribution is 0.631. The molecule has 0 fully saturated rings. The summed E-state index contributed by atoms with van der Waals surface area (Å²) >= 11 is 8.88. The second-order valence-electron chi connectivity index (χ2n) is 3.18. The Labute approximate surface area is 110 Å². The Hall–Kier alpha value is -1.40. The van der Waals surface area contributed by atoms with Crippen LogP contribution in [0.4, 0.5) is 21.8 Å². The number of aromatic nitrogens is 2. The molecule has 0 radical (unpaired) electrons. The van der Waals surface area contributed by atoms with E-state index in [9.17, 15) is 4.39 Å². The zero-order valence-electron chi connectivity index (χ0n) is 8.42. The van der Waals surface area contributed by atoms with Crippen LogP contribution >= 0.6 is 27.5 Å². The molecule has 4 nitrogen and oxygen atoms in total. The van der Waals surface area contributed by atoms with E-state index in [-0.39, 0.29) is 16.8 Å². The molecule has 0 bridgehead atoms. The third kappa shape index (κ3) is 3.04. The summed E-state index contributed by atoms with van der Waals surface area (Å²) in [7, 11) is 0. The molecule has 2 aromatic rings. The lowest BCUT2D eigenvalue weighted by Gasteiger charge is -2.07. The molecular weight excluding hydrogens is 310 g/mol. The number of rotatable bonds is 2. The van der Waals surface area contributed by atoms with Gasteiger partial charge in [-0.05, 0) is 18.2 Å². The summed E-state index contributed by atoms with van der Waals surface area (Å²) in [6.07, 6.45) is 0. The second kappa shape index (κ2) is 4.85. The number of nitrogens with zero attached hydrogens (tertiary/aromatic N) is 2. The summed E-state index contributed by atoms with van der Waals surface area (Å²) in [5, 5.41) is 2.96. The predicted octanol–water partition coefficient (Wildman–Crippen LogP) is 3.36. The van der Waals surface area contributed by atoms with Crippen LogP contribution in [0.1, 0.15) is 0 Å². The smallest absolute Gasteiger partial charge is 0.223 e. The van der Waals surface area contributed by atoms with Crippen molar-refractivity contribution in [3.05, 3.63) is 39.7 Å². The van der Waals surface area contributed by atoms with E-state index in [4.69, 9.17) is 17.3 Å². The second-order valence-corrected chi connectivity index (χ2v) is 4.49. The fraction of sp³-hybridized carbons (Fsp3) is 0. The largest absolute Gasteiger partial charge is 0.368 e. The minimum atomic E-state index is -0.410. The molecule has 0 saturated heterocycles. The molecule has 0 atom stereocenters. The number of benzene rings is 1. The Kier molecular flexibility index (Phi) is 3.44. The Balaban J connectivity index is 2.31. The Bertz CT molecular complexity index is 544. The predicted molar refractivity (Wildman–Crippen MR) is 68.8 cm³/mol. The highest BCUT2D eigenvalue weighted by Gasteiger charge is 2.05. The summed E-state index contributed by atoms with van der Waals surface area (Å²) in [4.78, 5) is 7.59. The van der Waals surface area contributed by atoms with Gasteiger partial charge in [0.05, 0.1) is 5.69 Å². The molecule has 0 spiro atoms. The molecule has 0 amide bonds. The molecule has 0 unspecified atom stereocenters. The normalized spacial score (nSPS) is 10.3. The SMILES string of the molecule is Nc1nc(Cl)cc(Nc2ccc(Br)cc2F)n1. The molecule has 7 heteroatoms. The molecule has 88 valence electrons. The zero-order chi connectivity index (χ0) is 12.4. The highest BCUT2D eigenvalue weighted by molar-refractivity contribution is 9.10. The number of anilines is 3. The number of nitrogens with two attached hydrogens (primary N) is 1. The van der Waals surface area contributed by atoms with Gasteiger partial charge in [-0.3, -0.25) is 0 Å². The highest BCUT2D eigenvalue weighted by atomic mass is 79.9. The molecule has 0 aliphatic heterocycles. The molecule has 0 saturated carbocycles. The first-order valence-corrected chi connectivity index (χ1v) is 5.74. The van der Waals surface area contributed by atoms with Gasteiger partial charge in [0.2, 0.25) is 5.95 Å². The van der Waals surface area contributed by atoms with Crippen molar-refractivity contribution >= 4 is 45.0 Å². The van der Waals surface area contributed by atoms with E-state index in [0.29, 0.717) is 10.3 Å². The fourth-order valence-corrected chi connectivity index (χ4v) is 1.75. The standard InChI is InChI=1S/C10H7BrClFN4/c11-5-1-2-7(6(13)3-5)15-9-4-8(12)16-10(14)17-9/h1-4H,(H3,14,15,16,17). The van der Waals surface area contributed by atoms with E-state index >= 15 is 0 Å². The van der Waals surface area contributed by atoms with Gasteiger partial charge >= 0.3 is 0 Å². The highest BCUT2D eigenvalue weighted by Crippen LogP contribution is 2.23. The molecule has 1 aromatic heterocycles. The Morgan fingerprint density at radius 3 is 2.71 bits per heavy atom. The van der Waals surface area contributed by atoms with Gasteiger partial charge in [0.25, 0.3) is 0 Å². The van der Waals surface area contributed by atoms with Gasteiger partial charge in [-0.1, -0.05) is 27.5 Å². The summed E-state index contributed by atoms with van der Waals surface area (Å²) in [6, 6.07) is 6.08.